The number of rotatable bonds is 4. The molecule has 6 heteroatoms. The van der Waals surface area contributed by atoms with E-state index in [2.05, 4.69) is 35.9 Å². The molecule has 0 bridgehead atoms. The molecule has 0 saturated carbocycles. The van der Waals surface area contributed by atoms with Crippen LogP contribution in [0, 0.1) is 20.8 Å². The molecule has 2 aliphatic rings. The Labute approximate surface area is 187 Å². The average Bonchev–Trinajstić information content (AvgIpc) is 3.17. The Balaban J connectivity index is 1.25. The van der Waals surface area contributed by atoms with E-state index in [1.807, 2.05) is 31.3 Å². The van der Waals surface area contributed by atoms with Gasteiger partial charge in [0, 0.05) is 36.8 Å². The number of piperazine rings is 1. The van der Waals surface area contributed by atoms with Gasteiger partial charge in [-0.1, -0.05) is 18.2 Å². The summed E-state index contributed by atoms with van der Waals surface area (Å²) in [5, 5.41) is 2.25. The standard InChI is InChI=1S/C26H27N3O3/c1-16-4-5-20-12-24(27-13-22(20)17(16)2)29-11-10-28(14-25(29)30)9-8-19-6-7-21-23(18(19)3)15-32-26(21)31/h4-7,12-13H,8-11,14-15H2,1-3H3. The van der Waals surface area contributed by atoms with E-state index in [9.17, 15) is 9.59 Å². The number of ether oxygens (including phenoxy) is 1. The minimum atomic E-state index is -0.232. The second-order valence-corrected chi connectivity index (χ2v) is 8.79. The molecule has 3 aromatic rings. The van der Waals surface area contributed by atoms with Crippen LogP contribution in [0.5, 0.6) is 0 Å². The van der Waals surface area contributed by atoms with Crippen molar-refractivity contribution in [3.05, 3.63) is 69.9 Å². The van der Waals surface area contributed by atoms with E-state index in [-0.39, 0.29) is 11.9 Å². The monoisotopic (exact) mass is 429 g/mol. The van der Waals surface area contributed by atoms with E-state index in [1.54, 1.807) is 4.90 Å². The van der Waals surface area contributed by atoms with Crippen molar-refractivity contribution in [1.29, 1.82) is 0 Å². The van der Waals surface area contributed by atoms with Crippen molar-refractivity contribution >= 4 is 28.5 Å². The number of cyclic esters (lactones) is 1. The van der Waals surface area contributed by atoms with E-state index in [4.69, 9.17) is 4.74 Å². The molecule has 3 heterocycles. The summed E-state index contributed by atoms with van der Waals surface area (Å²) in [4.78, 5) is 33.3. The van der Waals surface area contributed by atoms with Crippen LogP contribution in [0.3, 0.4) is 0 Å². The molecule has 0 spiro atoms. The molecule has 32 heavy (non-hydrogen) atoms. The zero-order chi connectivity index (χ0) is 22.4. The summed E-state index contributed by atoms with van der Waals surface area (Å²) in [5.74, 6) is 0.574. The lowest BCUT2D eigenvalue weighted by molar-refractivity contribution is -0.121. The van der Waals surface area contributed by atoms with Crippen LogP contribution in [0.1, 0.15) is 38.2 Å². The smallest absolute Gasteiger partial charge is 0.338 e. The predicted octanol–water partition coefficient (Wildman–Crippen LogP) is 3.72. The van der Waals surface area contributed by atoms with Gasteiger partial charge in [-0.3, -0.25) is 14.6 Å². The highest BCUT2D eigenvalue weighted by molar-refractivity contribution is 5.97. The minimum Gasteiger partial charge on any atom is -0.457 e. The van der Waals surface area contributed by atoms with Crippen molar-refractivity contribution in [3.8, 4) is 0 Å². The topological polar surface area (TPSA) is 62.7 Å². The number of carbonyl (C=O) groups excluding carboxylic acids is 2. The van der Waals surface area contributed by atoms with Gasteiger partial charge in [-0.05, 0) is 67.0 Å². The van der Waals surface area contributed by atoms with Gasteiger partial charge in [0.1, 0.15) is 12.4 Å². The van der Waals surface area contributed by atoms with Crippen molar-refractivity contribution in [2.45, 2.75) is 33.8 Å². The van der Waals surface area contributed by atoms with Crippen LogP contribution in [-0.4, -0.2) is 47.9 Å². The van der Waals surface area contributed by atoms with Gasteiger partial charge in [-0.25, -0.2) is 9.78 Å². The Hall–Kier alpha value is -3.25. The van der Waals surface area contributed by atoms with Gasteiger partial charge in [0.2, 0.25) is 5.91 Å². The highest BCUT2D eigenvalue weighted by atomic mass is 16.5. The third-order valence-corrected chi connectivity index (χ3v) is 6.98. The number of hydrogen-bond donors (Lipinski definition) is 0. The second-order valence-electron chi connectivity index (χ2n) is 8.79. The van der Waals surface area contributed by atoms with E-state index < -0.39 is 0 Å². The van der Waals surface area contributed by atoms with Gasteiger partial charge in [0.15, 0.2) is 0 Å². The van der Waals surface area contributed by atoms with Crippen LogP contribution >= 0.6 is 0 Å². The van der Waals surface area contributed by atoms with Gasteiger partial charge >= 0.3 is 5.97 Å². The molecule has 0 atom stereocenters. The highest BCUT2D eigenvalue weighted by Gasteiger charge is 2.27. The van der Waals surface area contributed by atoms with Crippen LogP contribution in [0.25, 0.3) is 10.8 Å². The number of amides is 1. The highest BCUT2D eigenvalue weighted by Crippen LogP contribution is 2.27. The Morgan fingerprint density at radius 1 is 1.03 bits per heavy atom. The summed E-state index contributed by atoms with van der Waals surface area (Å²) in [5.41, 5.74) is 6.50. The van der Waals surface area contributed by atoms with Crippen molar-refractivity contribution in [1.82, 2.24) is 9.88 Å². The number of hydrogen-bond acceptors (Lipinski definition) is 5. The average molecular weight is 430 g/mol. The number of fused-ring (bicyclic) bond motifs is 2. The Morgan fingerprint density at radius 3 is 2.69 bits per heavy atom. The lowest BCUT2D eigenvalue weighted by atomic mass is 9.96. The van der Waals surface area contributed by atoms with E-state index in [1.165, 1.54) is 16.7 Å². The van der Waals surface area contributed by atoms with Gasteiger partial charge in [-0.15, -0.1) is 0 Å². The molecule has 164 valence electrons. The first-order chi connectivity index (χ1) is 15.4. The molecule has 2 aromatic carbocycles. The molecule has 5 rings (SSSR count). The van der Waals surface area contributed by atoms with Crippen LogP contribution in [0.15, 0.2) is 36.5 Å². The first kappa shape index (κ1) is 20.6. The Morgan fingerprint density at radius 2 is 1.88 bits per heavy atom. The lowest BCUT2D eigenvalue weighted by Crippen LogP contribution is -2.51. The number of aromatic nitrogens is 1. The van der Waals surface area contributed by atoms with Crippen molar-refractivity contribution in [2.24, 2.45) is 0 Å². The summed E-state index contributed by atoms with van der Waals surface area (Å²) in [6.07, 6.45) is 2.73. The van der Waals surface area contributed by atoms with Crippen LogP contribution in [-0.2, 0) is 22.6 Å². The van der Waals surface area contributed by atoms with E-state index in [0.717, 1.165) is 47.2 Å². The first-order valence-electron chi connectivity index (χ1n) is 11.1. The summed E-state index contributed by atoms with van der Waals surface area (Å²) < 4.78 is 5.16. The molecule has 2 aliphatic heterocycles. The fraction of sp³-hybridized carbons (Fsp3) is 0.346. The summed E-state index contributed by atoms with van der Waals surface area (Å²) in [6, 6.07) is 10.1. The summed E-state index contributed by atoms with van der Waals surface area (Å²) >= 11 is 0. The number of esters is 1. The molecule has 0 aliphatic carbocycles. The number of aryl methyl sites for hydroxylation is 2. The second kappa shape index (κ2) is 8.02. The molecular weight excluding hydrogens is 402 g/mol. The van der Waals surface area contributed by atoms with Crippen molar-refractivity contribution < 1.29 is 14.3 Å². The molecule has 1 amide bonds. The van der Waals surface area contributed by atoms with E-state index >= 15 is 0 Å². The third-order valence-electron chi connectivity index (χ3n) is 6.98. The number of benzene rings is 2. The molecule has 0 N–H and O–H groups in total. The van der Waals surface area contributed by atoms with E-state index in [0.29, 0.717) is 25.3 Å². The third kappa shape index (κ3) is 3.54. The zero-order valence-corrected chi connectivity index (χ0v) is 18.8. The maximum Gasteiger partial charge on any atom is 0.338 e. The molecule has 1 saturated heterocycles. The summed E-state index contributed by atoms with van der Waals surface area (Å²) in [6.45, 7) is 9.25. The lowest BCUT2D eigenvalue weighted by Gasteiger charge is -2.34. The van der Waals surface area contributed by atoms with Crippen molar-refractivity contribution in [3.63, 3.8) is 0 Å². The SMILES string of the molecule is Cc1ccc2cc(N3CCN(CCc4ccc5c(c4C)COC5=O)CC3=O)ncc2c1C. The van der Waals surface area contributed by atoms with Gasteiger partial charge in [-0.2, -0.15) is 0 Å². The first-order valence-corrected chi connectivity index (χ1v) is 11.1. The number of carbonyl (C=O) groups is 2. The van der Waals surface area contributed by atoms with Crippen LogP contribution in [0.2, 0.25) is 0 Å². The fourth-order valence-electron chi connectivity index (χ4n) is 4.71. The van der Waals surface area contributed by atoms with Gasteiger partial charge in [0.25, 0.3) is 0 Å². The van der Waals surface area contributed by atoms with Crippen molar-refractivity contribution in [2.75, 3.05) is 31.1 Å². The Bertz CT molecular complexity index is 1250. The normalized spacial score (nSPS) is 16.5. The maximum absolute atomic E-state index is 12.9. The molecule has 1 aromatic heterocycles. The fourth-order valence-corrected chi connectivity index (χ4v) is 4.71. The molecule has 0 unspecified atom stereocenters. The Kier molecular flexibility index (Phi) is 5.18. The predicted molar refractivity (Wildman–Crippen MR) is 124 cm³/mol. The van der Waals surface area contributed by atoms with Gasteiger partial charge < -0.3 is 4.74 Å². The number of pyridine rings is 1. The minimum absolute atomic E-state index is 0.0802. The number of anilines is 1. The maximum atomic E-state index is 12.9. The number of nitrogens with zero attached hydrogens (tertiary/aromatic N) is 3. The van der Waals surface area contributed by atoms with Crippen LogP contribution in [0.4, 0.5) is 5.82 Å². The largest absolute Gasteiger partial charge is 0.457 e. The van der Waals surface area contributed by atoms with Gasteiger partial charge in [0.05, 0.1) is 12.1 Å². The van der Waals surface area contributed by atoms with Crippen LogP contribution < -0.4 is 4.90 Å². The molecule has 1 fully saturated rings. The molecule has 0 radical (unpaired) electrons. The molecular formula is C26H27N3O3. The summed E-state index contributed by atoms with van der Waals surface area (Å²) in [7, 11) is 0. The zero-order valence-electron chi connectivity index (χ0n) is 18.8. The molecule has 6 nitrogen and oxygen atoms in total. The quantitative estimate of drug-likeness (QED) is 0.592.